The summed E-state index contributed by atoms with van der Waals surface area (Å²) in [7, 11) is 0. The first kappa shape index (κ1) is 11.5. The Hall–Kier alpha value is -1.94. The van der Waals surface area contributed by atoms with E-state index in [9.17, 15) is 4.39 Å². The second-order valence-corrected chi connectivity index (χ2v) is 3.66. The summed E-state index contributed by atoms with van der Waals surface area (Å²) in [4.78, 5) is 3.97. The Morgan fingerprint density at radius 3 is 2.94 bits per heavy atom. The van der Waals surface area contributed by atoms with Gasteiger partial charge in [-0.2, -0.15) is 0 Å². The minimum absolute atomic E-state index is 0.110. The minimum Gasteiger partial charge on any atom is -0.436 e. The van der Waals surface area contributed by atoms with E-state index in [1.165, 1.54) is 12.3 Å². The van der Waals surface area contributed by atoms with Gasteiger partial charge in [0.2, 0.25) is 5.88 Å². The predicted molar refractivity (Wildman–Crippen MR) is 61.4 cm³/mol. The van der Waals surface area contributed by atoms with Crippen molar-refractivity contribution in [3.63, 3.8) is 0 Å². The lowest BCUT2D eigenvalue weighted by Crippen LogP contribution is -1.96. The first-order valence-corrected chi connectivity index (χ1v) is 5.19. The average molecular weight is 233 g/mol. The number of hydrogen-bond donors (Lipinski definition) is 1. The van der Waals surface area contributed by atoms with Crippen molar-refractivity contribution in [2.45, 2.75) is 13.5 Å². The number of aryl methyl sites for hydroxylation is 1. The molecule has 1 heterocycles. The van der Waals surface area contributed by atoms with Gasteiger partial charge in [-0.1, -0.05) is 6.07 Å². The summed E-state index contributed by atoms with van der Waals surface area (Å²) < 4.78 is 18.8. The van der Waals surface area contributed by atoms with Crippen LogP contribution in [0, 0.1) is 12.7 Å². The monoisotopic (exact) mass is 233 g/mol. The normalized spacial score (nSPS) is 10.3. The van der Waals surface area contributed by atoms with E-state index in [0.29, 0.717) is 5.56 Å². The Bertz CT molecular complexity index is 529. The SMILES string of the molecule is Cc1ccc(F)c(Oc2ncccc2CO)c1. The van der Waals surface area contributed by atoms with E-state index in [1.54, 1.807) is 24.3 Å². The third kappa shape index (κ3) is 2.60. The highest BCUT2D eigenvalue weighted by atomic mass is 19.1. The standard InChI is InChI=1S/C13H12FNO2/c1-9-4-5-11(14)12(7-9)17-13-10(8-16)3-2-6-15-13/h2-7,16H,8H2,1H3. The third-order valence-corrected chi connectivity index (χ3v) is 2.31. The Morgan fingerprint density at radius 1 is 1.35 bits per heavy atom. The van der Waals surface area contributed by atoms with Crippen LogP contribution in [0.5, 0.6) is 11.6 Å². The number of aliphatic hydroxyl groups is 1. The molecule has 1 aromatic carbocycles. The van der Waals surface area contributed by atoms with Gasteiger partial charge in [0.05, 0.1) is 6.61 Å². The van der Waals surface area contributed by atoms with Gasteiger partial charge in [0.25, 0.3) is 0 Å². The van der Waals surface area contributed by atoms with Crippen molar-refractivity contribution in [1.82, 2.24) is 4.98 Å². The highest BCUT2D eigenvalue weighted by Crippen LogP contribution is 2.26. The summed E-state index contributed by atoms with van der Waals surface area (Å²) >= 11 is 0. The number of pyridine rings is 1. The molecule has 4 heteroatoms. The van der Waals surface area contributed by atoms with Gasteiger partial charge in [-0.25, -0.2) is 9.37 Å². The van der Waals surface area contributed by atoms with Crippen molar-refractivity contribution < 1.29 is 14.2 Å². The molecule has 0 aliphatic carbocycles. The highest BCUT2D eigenvalue weighted by molar-refractivity contribution is 5.35. The maximum absolute atomic E-state index is 13.5. The summed E-state index contributed by atoms with van der Waals surface area (Å²) in [6.07, 6.45) is 1.53. The third-order valence-electron chi connectivity index (χ3n) is 2.31. The molecule has 1 aromatic heterocycles. The molecule has 0 unspecified atom stereocenters. The molecule has 0 saturated carbocycles. The van der Waals surface area contributed by atoms with Crippen LogP contribution < -0.4 is 4.74 Å². The van der Waals surface area contributed by atoms with E-state index >= 15 is 0 Å². The van der Waals surface area contributed by atoms with Crippen molar-refractivity contribution >= 4 is 0 Å². The van der Waals surface area contributed by atoms with Gasteiger partial charge >= 0.3 is 0 Å². The summed E-state index contributed by atoms with van der Waals surface area (Å²) in [5.74, 6) is -0.122. The minimum atomic E-state index is -0.454. The van der Waals surface area contributed by atoms with E-state index in [4.69, 9.17) is 9.84 Å². The molecule has 1 N–H and O–H groups in total. The van der Waals surface area contributed by atoms with E-state index in [2.05, 4.69) is 4.98 Å². The average Bonchev–Trinajstić information content (AvgIpc) is 2.34. The second-order valence-electron chi connectivity index (χ2n) is 3.66. The van der Waals surface area contributed by atoms with Crippen LogP contribution in [0.25, 0.3) is 0 Å². The van der Waals surface area contributed by atoms with Gasteiger partial charge in [-0.15, -0.1) is 0 Å². The van der Waals surface area contributed by atoms with Crippen LogP contribution in [0.3, 0.4) is 0 Å². The fourth-order valence-corrected chi connectivity index (χ4v) is 1.43. The molecular weight excluding hydrogens is 221 g/mol. The zero-order valence-electron chi connectivity index (χ0n) is 9.35. The van der Waals surface area contributed by atoms with Crippen LogP contribution in [0.4, 0.5) is 4.39 Å². The topological polar surface area (TPSA) is 42.4 Å². The van der Waals surface area contributed by atoms with Crippen molar-refractivity contribution in [3.8, 4) is 11.6 Å². The molecule has 0 bridgehead atoms. The van der Waals surface area contributed by atoms with Gasteiger partial charge in [0, 0.05) is 11.8 Å². The van der Waals surface area contributed by atoms with Crippen molar-refractivity contribution in [1.29, 1.82) is 0 Å². The van der Waals surface area contributed by atoms with Gasteiger partial charge in [-0.05, 0) is 36.8 Å². The van der Waals surface area contributed by atoms with Crippen LogP contribution in [0.1, 0.15) is 11.1 Å². The number of ether oxygens (including phenoxy) is 1. The molecule has 0 aliphatic heterocycles. The largest absolute Gasteiger partial charge is 0.436 e. The van der Waals surface area contributed by atoms with E-state index in [-0.39, 0.29) is 18.2 Å². The van der Waals surface area contributed by atoms with Crippen LogP contribution in [-0.4, -0.2) is 10.1 Å². The number of benzene rings is 1. The fraction of sp³-hybridized carbons (Fsp3) is 0.154. The van der Waals surface area contributed by atoms with Crippen LogP contribution in [0.15, 0.2) is 36.5 Å². The Kier molecular flexibility index (Phi) is 3.35. The predicted octanol–water partition coefficient (Wildman–Crippen LogP) is 2.81. The number of halogens is 1. The van der Waals surface area contributed by atoms with Gasteiger partial charge in [0.1, 0.15) is 0 Å². The van der Waals surface area contributed by atoms with Crippen LogP contribution >= 0.6 is 0 Å². The molecule has 17 heavy (non-hydrogen) atoms. The molecule has 0 aliphatic rings. The Morgan fingerprint density at radius 2 is 2.18 bits per heavy atom. The molecule has 0 atom stereocenters. The lowest BCUT2D eigenvalue weighted by Gasteiger charge is -2.09. The van der Waals surface area contributed by atoms with Gasteiger partial charge in [-0.3, -0.25) is 0 Å². The molecule has 2 rings (SSSR count). The first-order chi connectivity index (χ1) is 8.20. The highest BCUT2D eigenvalue weighted by Gasteiger charge is 2.09. The summed E-state index contributed by atoms with van der Waals surface area (Å²) in [5.41, 5.74) is 1.41. The summed E-state index contributed by atoms with van der Waals surface area (Å²) in [6, 6.07) is 7.95. The van der Waals surface area contributed by atoms with Crippen molar-refractivity contribution in [2.75, 3.05) is 0 Å². The summed E-state index contributed by atoms with van der Waals surface area (Å²) in [6.45, 7) is 1.65. The Balaban J connectivity index is 2.34. The van der Waals surface area contributed by atoms with Gasteiger partial charge in [0.15, 0.2) is 11.6 Å². The van der Waals surface area contributed by atoms with E-state index < -0.39 is 5.82 Å². The molecule has 3 nitrogen and oxygen atoms in total. The number of nitrogens with zero attached hydrogens (tertiary/aromatic N) is 1. The molecular formula is C13H12FNO2. The second kappa shape index (κ2) is 4.93. The summed E-state index contributed by atoms with van der Waals surface area (Å²) in [5, 5.41) is 9.11. The van der Waals surface area contributed by atoms with Crippen LogP contribution in [-0.2, 0) is 6.61 Å². The number of hydrogen-bond acceptors (Lipinski definition) is 3. The Labute approximate surface area is 98.5 Å². The van der Waals surface area contributed by atoms with Crippen LogP contribution in [0.2, 0.25) is 0 Å². The van der Waals surface area contributed by atoms with E-state index in [0.717, 1.165) is 5.56 Å². The molecule has 0 amide bonds. The quantitative estimate of drug-likeness (QED) is 0.886. The van der Waals surface area contributed by atoms with E-state index in [1.807, 2.05) is 6.92 Å². The molecule has 0 fully saturated rings. The molecule has 88 valence electrons. The van der Waals surface area contributed by atoms with Gasteiger partial charge < -0.3 is 9.84 Å². The zero-order valence-corrected chi connectivity index (χ0v) is 9.35. The smallest absolute Gasteiger partial charge is 0.224 e. The maximum atomic E-state index is 13.5. The first-order valence-electron chi connectivity index (χ1n) is 5.19. The lowest BCUT2D eigenvalue weighted by molar-refractivity contribution is 0.274. The maximum Gasteiger partial charge on any atom is 0.224 e. The van der Waals surface area contributed by atoms with Crippen molar-refractivity contribution in [2.24, 2.45) is 0 Å². The molecule has 0 saturated heterocycles. The zero-order chi connectivity index (χ0) is 12.3. The van der Waals surface area contributed by atoms with Crippen molar-refractivity contribution in [3.05, 3.63) is 53.5 Å². The lowest BCUT2D eigenvalue weighted by atomic mass is 10.2. The molecule has 0 radical (unpaired) electrons. The molecule has 0 spiro atoms. The number of rotatable bonds is 3. The molecule has 2 aromatic rings. The number of aliphatic hydroxyl groups excluding tert-OH is 1. The number of aromatic nitrogens is 1. The fourth-order valence-electron chi connectivity index (χ4n) is 1.43.